The number of anilines is 2. The summed E-state index contributed by atoms with van der Waals surface area (Å²) in [7, 11) is 0. The number of aromatic nitrogens is 3. The van der Waals surface area contributed by atoms with Gasteiger partial charge in [0, 0.05) is 21.2 Å². The van der Waals surface area contributed by atoms with Crippen LogP contribution in [0.3, 0.4) is 0 Å². The van der Waals surface area contributed by atoms with Crippen molar-refractivity contribution in [3.05, 3.63) is 53.3 Å². The van der Waals surface area contributed by atoms with E-state index < -0.39 is 0 Å². The van der Waals surface area contributed by atoms with Gasteiger partial charge in [0.1, 0.15) is 5.82 Å². The molecule has 0 aliphatic carbocycles. The zero-order chi connectivity index (χ0) is 18.8. The Hall–Kier alpha value is -1.96. The van der Waals surface area contributed by atoms with Crippen molar-refractivity contribution >= 4 is 52.4 Å². The second-order valence-electron chi connectivity index (χ2n) is 6.01. The Labute approximate surface area is 170 Å². The maximum Gasteiger partial charge on any atom is 0.242 e. The number of amides is 1. The van der Waals surface area contributed by atoms with Gasteiger partial charge in [-0.2, -0.15) is 0 Å². The predicted octanol–water partition coefficient (Wildman–Crippen LogP) is 5.33. The molecule has 0 saturated carbocycles. The number of rotatable bonds is 5. The fourth-order valence-electron chi connectivity index (χ4n) is 2.88. The summed E-state index contributed by atoms with van der Waals surface area (Å²) in [6.07, 6.45) is 1.85. The zero-order valence-electron chi connectivity index (χ0n) is 14.6. The number of para-hydroxylation sites is 1. The van der Waals surface area contributed by atoms with E-state index in [1.165, 1.54) is 11.8 Å². The van der Waals surface area contributed by atoms with Gasteiger partial charge in [0.2, 0.25) is 11.1 Å². The summed E-state index contributed by atoms with van der Waals surface area (Å²) in [6, 6.07) is 13.5. The first-order valence-corrected chi connectivity index (χ1v) is 10.8. The molecule has 1 aliphatic rings. The van der Waals surface area contributed by atoms with Crippen LogP contribution in [0.4, 0.5) is 11.4 Å². The first-order chi connectivity index (χ1) is 13.2. The molecule has 4 rings (SSSR count). The number of fused-ring (bicyclic) bond motifs is 2. The number of thioether (sulfide) groups is 1. The van der Waals surface area contributed by atoms with Gasteiger partial charge in [0.05, 0.1) is 17.1 Å². The zero-order valence-corrected chi connectivity index (χ0v) is 17.0. The number of benzene rings is 2. The number of aryl methyl sites for hydroxylation is 1. The lowest BCUT2D eigenvalue weighted by Crippen LogP contribution is -2.30. The van der Waals surface area contributed by atoms with Crippen molar-refractivity contribution in [1.82, 2.24) is 15.2 Å². The Bertz CT molecular complexity index is 991. The molecule has 138 valence electrons. The van der Waals surface area contributed by atoms with Crippen LogP contribution in [0.1, 0.15) is 19.2 Å². The molecule has 0 saturated heterocycles. The van der Waals surface area contributed by atoms with Gasteiger partial charge in [-0.1, -0.05) is 54.2 Å². The van der Waals surface area contributed by atoms with Crippen molar-refractivity contribution in [2.24, 2.45) is 0 Å². The molecule has 0 unspecified atom stereocenters. The van der Waals surface area contributed by atoms with Crippen LogP contribution in [-0.4, -0.2) is 26.8 Å². The number of aromatic amines is 1. The van der Waals surface area contributed by atoms with E-state index in [-0.39, 0.29) is 11.7 Å². The number of carbonyl (C=O) groups is 1. The highest BCUT2D eigenvalue weighted by molar-refractivity contribution is 8.00. The minimum Gasteiger partial charge on any atom is -0.278 e. The number of nitrogens with zero attached hydrogens (tertiary/aromatic N) is 3. The van der Waals surface area contributed by atoms with Crippen molar-refractivity contribution in [3.63, 3.8) is 0 Å². The Morgan fingerprint density at radius 1 is 1.22 bits per heavy atom. The highest BCUT2D eigenvalue weighted by Crippen LogP contribution is 2.48. The molecule has 3 aromatic rings. The first-order valence-electron chi connectivity index (χ1n) is 8.59. The standard InChI is InChI=1S/C19H17ClN4OS2/c1-2-5-17-21-19(23-22-17)26-11-18(25)24-13-6-3-4-7-15(13)27-16-9-8-12(20)10-14(16)24/h3-4,6-10H,2,5,11H2,1H3,(H,21,22,23). The Morgan fingerprint density at radius 3 is 2.89 bits per heavy atom. The van der Waals surface area contributed by atoms with Gasteiger partial charge in [-0.25, -0.2) is 4.98 Å². The number of hydrogen-bond acceptors (Lipinski definition) is 5. The summed E-state index contributed by atoms with van der Waals surface area (Å²) in [5, 5.41) is 8.31. The van der Waals surface area contributed by atoms with E-state index in [0.29, 0.717) is 10.2 Å². The fraction of sp³-hybridized carbons (Fsp3) is 0.211. The lowest BCUT2D eigenvalue weighted by atomic mass is 10.2. The van der Waals surface area contributed by atoms with Gasteiger partial charge in [0.15, 0.2) is 0 Å². The molecular weight excluding hydrogens is 400 g/mol. The summed E-state index contributed by atoms with van der Waals surface area (Å²) in [5.74, 6) is 1.07. The monoisotopic (exact) mass is 416 g/mol. The van der Waals surface area contributed by atoms with E-state index in [0.717, 1.165) is 39.8 Å². The maximum atomic E-state index is 13.1. The molecule has 2 heterocycles. The minimum atomic E-state index is -0.0295. The Morgan fingerprint density at radius 2 is 2.04 bits per heavy atom. The predicted molar refractivity (Wildman–Crippen MR) is 110 cm³/mol. The number of H-pyrrole nitrogens is 1. The normalized spacial score (nSPS) is 12.6. The highest BCUT2D eigenvalue weighted by Gasteiger charge is 2.28. The molecule has 0 bridgehead atoms. The van der Waals surface area contributed by atoms with E-state index in [4.69, 9.17) is 11.6 Å². The third-order valence-electron chi connectivity index (χ3n) is 4.06. The molecule has 1 N–H and O–H groups in total. The van der Waals surface area contributed by atoms with E-state index >= 15 is 0 Å². The molecule has 0 spiro atoms. The van der Waals surface area contributed by atoms with E-state index in [9.17, 15) is 4.79 Å². The molecular formula is C19H17ClN4OS2. The van der Waals surface area contributed by atoms with Crippen molar-refractivity contribution in [3.8, 4) is 0 Å². The number of halogens is 1. The van der Waals surface area contributed by atoms with Crippen LogP contribution in [0.5, 0.6) is 0 Å². The van der Waals surface area contributed by atoms with Crippen LogP contribution in [0.25, 0.3) is 0 Å². The SMILES string of the molecule is CCCc1nc(SCC(=O)N2c3ccccc3Sc3ccc(Cl)cc32)n[nH]1. The fourth-order valence-corrected chi connectivity index (χ4v) is 4.75. The smallest absolute Gasteiger partial charge is 0.242 e. The lowest BCUT2D eigenvalue weighted by molar-refractivity contribution is -0.115. The van der Waals surface area contributed by atoms with Crippen LogP contribution in [0.2, 0.25) is 5.02 Å². The van der Waals surface area contributed by atoms with E-state index in [2.05, 4.69) is 22.1 Å². The molecule has 0 fully saturated rings. The topological polar surface area (TPSA) is 61.9 Å². The lowest BCUT2D eigenvalue weighted by Gasteiger charge is -2.31. The average Bonchev–Trinajstić information content (AvgIpc) is 3.12. The van der Waals surface area contributed by atoms with Crippen LogP contribution >= 0.6 is 35.1 Å². The maximum absolute atomic E-state index is 13.1. The summed E-state index contributed by atoms with van der Waals surface area (Å²) in [6.45, 7) is 2.09. The van der Waals surface area contributed by atoms with Crippen LogP contribution in [0.15, 0.2) is 57.4 Å². The van der Waals surface area contributed by atoms with E-state index in [1.807, 2.05) is 42.5 Å². The Balaban J connectivity index is 1.60. The van der Waals surface area contributed by atoms with E-state index in [1.54, 1.807) is 16.7 Å². The first kappa shape index (κ1) is 18.4. The molecule has 1 aromatic heterocycles. The Kier molecular flexibility index (Phi) is 5.43. The molecule has 27 heavy (non-hydrogen) atoms. The minimum absolute atomic E-state index is 0.0295. The quantitative estimate of drug-likeness (QED) is 0.569. The van der Waals surface area contributed by atoms with Gasteiger partial charge >= 0.3 is 0 Å². The largest absolute Gasteiger partial charge is 0.278 e. The van der Waals surface area contributed by atoms with Gasteiger partial charge in [-0.3, -0.25) is 14.8 Å². The van der Waals surface area contributed by atoms with Crippen LogP contribution in [-0.2, 0) is 11.2 Å². The molecule has 0 atom stereocenters. The molecule has 2 aromatic carbocycles. The summed E-state index contributed by atoms with van der Waals surface area (Å²) >= 11 is 9.19. The molecule has 0 radical (unpaired) electrons. The number of carbonyl (C=O) groups excluding carboxylic acids is 1. The summed E-state index contributed by atoms with van der Waals surface area (Å²) in [4.78, 5) is 21.4. The van der Waals surface area contributed by atoms with Gasteiger partial charge < -0.3 is 0 Å². The van der Waals surface area contributed by atoms with Gasteiger partial charge in [0.25, 0.3) is 0 Å². The molecule has 8 heteroatoms. The molecule has 1 amide bonds. The van der Waals surface area contributed by atoms with Gasteiger partial charge in [-0.05, 0) is 36.8 Å². The molecule has 5 nitrogen and oxygen atoms in total. The third kappa shape index (κ3) is 3.85. The second kappa shape index (κ2) is 7.96. The average molecular weight is 417 g/mol. The van der Waals surface area contributed by atoms with Crippen LogP contribution < -0.4 is 4.90 Å². The van der Waals surface area contributed by atoms with Crippen molar-refractivity contribution in [2.45, 2.75) is 34.7 Å². The summed E-state index contributed by atoms with van der Waals surface area (Å²) in [5.41, 5.74) is 1.70. The van der Waals surface area contributed by atoms with Crippen LogP contribution in [0, 0.1) is 0 Å². The summed E-state index contributed by atoms with van der Waals surface area (Å²) < 4.78 is 0. The highest BCUT2D eigenvalue weighted by atomic mass is 35.5. The van der Waals surface area contributed by atoms with Crippen molar-refractivity contribution in [2.75, 3.05) is 10.7 Å². The third-order valence-corrected chi connectivity index (χ3v) is 6.26. The van der Waals surface area contributed by atoms with Crippen molar-refractivity contribution in [1.29, 1.82) is 0 Å². The molecule has 1 aliphatic heterocycles. The second-order valence-corrected chi connectivity index (χ2v) is 8.48. The number of hydrogen-bond donors (Lipinski definition) is 1. The number of nitrogens with one attached hydrogen (secondary N) is 1. The van der Waals surface area contributed by atoms with Crippen molar-refractivity contribution < 1.29 is 4.79 Å². The van der Waals surface area contributed by atoms with Gasteiger partial charge in [-0.15, -0.1) is 5.10 Å².